The minimum atomic E-state index is -0.156. The molecule has 0 fully saturated rings. The van der Waals surface area contributed by atoms with E-state index >= 15 is 0 Å². The van der Waals surface area contributed by atoms with E-state index in [1.807, 2.05) is 38.1 Å². The molecule has 0 bridgehead atoms. The van der Waals surface area contributed by atoms with Crippen LogP contribution in [-0.2, 0) is 0 Å². The monoisotopic (exact) mass is 270 g/mol. The third kappa shape index (κ3) is 2.78. The van der Waals surface area contributed by atoms with Crippen LogP contribution < -0.4 is 16.2 Å². The van der Waals surface area contributed by atoms with E-state index in [0.717, 1.165) is 16.9 Å². The molecule has 0 atom stereocenters. The Kier molecular flexibility index (Phi) is 4.00. The molecule has 1 aromatic heterocycles. The summed E-state index contributed by atoms with van der Waals surface area (Å²) in [5.74, 6) is 5.32. The van der Waals surface area contributed by atoms with Crippen molar-refractivity contribution in [3.63, 3.8) is 0 Å². The fourth-order valence-electron chi connectivity index (χ4n) is 1.98. The Morgan fingerprint density at radius 1 is 1.30 bits per heavy atom. The number of nitrogen functional groups attached to an aromatic ring is 1. The zero-order chi connectivity index (χ0) is 14.7. The molecule has 0 aliphatic heterocycles. The van der Waals surface area contributed by atoms with Gasteiger partial charge in [0.15, 0.2) is 0 Å². The van der Waals surface area contributed by atoms with Gasteiger partial charge in [0.1, 0.15) is 0 Å². The number of aromatic nitrogens is 1. The molecular formula is C15H18N4O. The van der Waals surface area contributed by atoms with E-state index in [2.05, 4.69) is 10.4 Å². The second-order valence-electron chi connectivity index (χ2n) is 4.72. The highest BCUT2D eigenvalue weighted by atomic mass is 16.2. The summed E-state index contributed by atoms with van der Waals surface area (Å²) in [5.41, 5.74) is 6.29. The van der Waals surface area contributed by atoms with Crippen LogP contribution in [-0.4, -0.2) is 17.9 Å². The number of amides is 1. The Morgan fingerprint density at radius 3 is 2.70 bits per heavy atom. The Labute approximate surface area is 118 Å². The first kappa shape index (κ1) is 14.0. The van der Waals surface area contributed by atoms with E-state index in [-0.39, 0.29) is 5.91 Å². The maximum Gasteiger partial charge on any atom is 0.261 e. The van der Waals surface area contributed by atoms with Crippen LogP contribution in [0, 0.1) is 13.8 Å². The van der Waals surface area contributed by atoms with Crippen molar-refractivity contribution >= 4 is 17.3 Å². The number of nitrogens with one attached hydrogen (secondary N) is 1. The van der Waals surface area contributed by atoms with E-state index in [0.29, 0.717) is 11.3 Å². The van der Waals surface area contributed by atoms with E-state index < -0.39 is 0 Å². The number of aryl methyl sites for hydroxylation is 2. The lowest BCUT2D eigenvalue weighted by atomic mass is 10.1. The number of carbonyl (C=O) groups is 1. The molecule has 5 nitrogen and oxygen atoms in total. The van der Waals surface area contributed by atoms with Crippen molar-refractivity contribution in [1.29, 1.82) is 0 Å². The van der Waals surface area contributed by atoms with Gasteiger partial charge in [0.25, 0.3) is 5.91 Å². The first-order valence-electron chi connectivity index (χ1n) is 6.31. The highest BCUT2D eigenvalue weighted by Crippen LogP contribution is 2.21. The van der Waals surface area contributed by atoms with Crippen LogP contribution in [0.25, 0.3) is 0 Å². The van der Waals surface area contributed by atoms with Crippen LogP contribution in [0.4, 0.5) is 11.4 Å². The lowest BCUT2D eigenvalue weighted by molar-refractivity contribution is 0.0993. The molecule has 3 N–H and O–H groups in total. The van der Waals surface area contributed by atoms with E-state index in [1.54, 1.807) is 24.2 Å². The van der Waals surface area contributed by atoms with Gasteiger partial charge in [-0.1, -0.05) is 12.1 Å². The van der Waals surface area contributed by atoms with Gasteiger partial charge in [0, 0.05) is 24.6 Å². The third-order valence-electron chi connectivity index (χ3n) is 3.12. The fourth-order valence-corrected chi connectivity index (χ4v) is 1.98. The quantitative estimate of drug-likeness (QED) is 0.663. The predicted molar refractivity (Wildman–Crippen MR) is 80.7 cm³/mol. The molecule has 2 rings (SSSR count). The Bertz CT molecular complexity index is 640. The minimum Gasteiger partial charge on any atom is -0.323 e. The lowest BCUT2D eigenvalue weighted by Gasteiger charge is -2.19. The zero-order valence-corrected chi connectivity index (χ0v) is 11.8. The second kappa shape index (κ2) is 5.71. The third-order valence-corrected chi connectivity index (χ3v) is 3.12. The van der Waals surface area contributed by atoms with Gasteiger partial charge in [-0.05, 0) is 37.6 Å². The van der Waals surface area contributed by atoms with Gasteiger partial charge >= 0.3 is 0 Å². The van der Waals surface area contributed by atoms with Crippen molar-refractivity contribution in [2.45, 2.75) is 13.8 Å². The van der Waals surface area contributed by atoms with Crippen molar-refractivity contribution in [1.82, 2.24) is 4.98 Å². The fraction of sp³-hybridized carbons (Fsp3) is 0.200. The summed E-state index contributed by atoms with van der Waals surface area (Å²) in [6, 6.07) is 9.50. The highest BCUT2D eigenvalue weighted by Gasteiger charge is 2.17. The molecule has 1 amide bonds. The Balaban J connectivity index is 2.36. The van der Waals surface area contributed by atoms with Crippen molar-refractivity contribution in [3.8, 4) is 0 Å². The van der Waals surface area contributed by atoms with Gasteiger partial charge in [-0.2, -0.15) is 0 Å². The van der Waals surface area contributed by atoms with E-state index in [4.69, 9.17) is 5.84 Å². The molecule has 0 spiro atoms. The molecule has 1 heterocycles. The maximum absolute atomic E-state index is 12.5. The molecule has 0 saturated carbocycles. The largest absolute Gasteiger partial charge is 0.323 e. The number of nitrogens with two attached hydrogens (primary N) is 1. The number of nitrogens with zero attached hydrogens (tertiary/aromatic N) is 2. The number of carbonyl (C=O) groups excluding carboxylic acids is 1. The molecule has 20 heavy (non-hydrogen) atoms. The number of hydrogen-bond acceptors (Lipinski definition) is 4. The van der Waals surface area contributed by atoms with Crippen LogP contribution in [0.1, 0.15) is 21.6 Å². The summed E-state index contributed by atoms with van der Waals surface area (Å²) in [6.45, 7) is 3.83. The average Bonchev–Trinajstić information content (AvgIpc) is 2.45. The summed E-state index contributed by atoms with van der Waals surface area (Å²) in [7, 11) is 1.73. The van der Waals surface area contributed by atoms with Gasteiger partial charge in [-0.3, -0.25) is 15.6 Å². The molecule has 0 aliphatic carbocycles. The summed E-state index contributed by atoms with van der Waals surface area (Å²) < 4.78 is 0. The van der Waals surface area contributed by atoms with Gasteiger partial charge in [-0.15, -0.1) is 0 Å². The molecule has 0 radical (unpaired) electrons. The molecule has 104 valence electrons. The molecule has 0 unspecified atom stereocenters. The van der Waals surface area contributed by atoms with E-state index in [9.17, 15) is 4.79 Å². The summed E-state index contributed by atoms with van der Waals surface area (Å²) >= 11 is 0. The molecule has 5 heteroatoms. The Hall–Kier alpha value is -2.40. The van der Waals surface area contributed by atoms with Crippen LogP contribution >= 0.6 is 0 Å². The second-order valence-corrected chi connectivity index (χ2v) is 4.72. The number of benzene rings is 1. The SMILES string of the molecule is Cc1cccc(N(C)C(=O)c2cnc(C)cc2NN)c1. The molecule has 1 aromatic carbocycles. The summed E-state index contributed by atoms with van der Waals surface area (Å²) in [4.78, 5) is 18.3. The van der Waals surface area contributed by atoms with Crippen LogP contribution in [0.5, 0.6) is 0 Å². The van der Waals surface area contributed by atoms with Crippen LogP contribution in [0.15, 0.2) is 36.5 Å². The summed E-state index contributed by atoms with van der Waals surface area (Å²) in [5, 5.41) is 0. The highest BCUT2D eigenvalue weighted by molar-refractivity contribution is 6.09. The maximum atomic E-state index is 12.5. The first-order valence-corrected chi connectivity index (χ1v) is 6.31. The van der Waals surface area contributed by atoms with Crippen molar-refractivity contribution in [3.05, 3.63) is 53.3 Å². The van der Waals surface area contributed by atoms with Crippen molar-refractivity contribution in [2.24, 2.45) is 5.84 Å². The standard InChI is InChI=1S/C15H18N4O/c1-10-5-4-6-12(7-10)19(3)15(20)13-9-17-11(2)8-14(13)18-16/h4-9H,16H2,1-3H3,(H,17,18). The summed E-state index contributed by atoms with van der Waals surface area (Å²) in [6.07, 6.45) is 1.54. The number of hydrazine groups is 1. The topological polar surface area (TPSA) is 71.2 Å². The zero-order valence-electron chi connectivity index (χ0n) is 11.8. The number of rotatable bonds is 3. The van der Waals surface area contributed by atoms with Crippen LogP contribution in [0.3, 0.4) is 0 Å². The number of pyridine rings is 1. The molecule has 2 aromatic rings. The van der Waals surface area contributed by atoms with Gasteiger partial charge in [0.2, 0.25) is 0 Å². The van der Waals surface area contributed by atoms with Gasteiger partial charge in [-0.25, -0.2) is 0 Å². The van der Waals surface area contributed by atoms with Gasteiger partial charge in [0.05, 0.1) is 11.3 Å². The van der Waals surface area contributed by atoms with E-state index in [1.165, 1.54) is 0 Å². The van der Waals surface area contributed by atoms with Crippen LogP contribution in [0.2, 0.25) is 0 Å². The minimum absolute atomic E-state index is 0.156. The average molecular weight is 270 g/mol. The Morgan fingerprint density at radius 2 is 2.05 bits per heavy atom. The van der Waals surface area contributed by atoms with Gasteiger partial charge < -0.3 is 10.3 Å². The van der Waals surface area contributed by atoms with Crippen molar-refractivity contribution < 1.29 is 4.79 Å². The smallest absolute Gasteiger partial charge is 0.261 e. The molecule has 0 aliphatic rings. The number of anilines is 2. The first-order chi connectivity index (χ1) is 9.52. The molecular weight excluding hydrogens is 252 g/mol. The lowest BCUT2D eigenvalue weighted by Crippen LogP contribution is -2.28. The predicted octanol–water partition coefficient (Wildman–Crippen LogP) is 2.26. The normalized spacial score (nSPS) is 10.2. The van der Waals surface area contributed by atoms with Crippen molar-refractivity contribution in [2.75, 3.05) is 17.4 Å². The molecule has 0 saturated heterocycles. The number of hydrogen-bond donors (Lipinski definition) is 2.